The van der Waals surface area contributed by atoms with Crippen LogP contribution >= 0.6 is 11.8 Å². The zero-order valence-corrected chi connectivity index (χ0v) is 18.4. The van der Waals surface area contributed by atoms with Crippen molar-refractivity contribution in [2.75, 3.05) is 36.0 Å². The van der Waals surface area contributed by atoms with Crippen LogP contribution in [-0.2, 0) is 4.79 Å². The highest BCUT2D eigenvalue weighted by molar-refractivity contribution is 7.99. The van der Waals surface area contributed by atoms with Crippen LogP contribution in [0.4, 0.5) is 11.9 Å². The molecular weight excluding hydrogens is 400 g/mol. The lowest BCUT2D eigenvalue weighted by molar-refractivity contribution is -0.118. The molecule has 2 heterocycles. The Hall–Kier alpha value is -2.88. The summed E-state index contributed by atoms with van der Waals surface area (Å²) in [6.07, 6.45) is 0.962. The SMILES string of the molecule is CCNc1nc(NCC)n2c(SCC(=O)NCC(CC)c3ccccc3)nnc2n1. The summed E-state index contributed by atoms with van der Waals surface area (Å²) in [5.41, 5.74) is 1.24. The Morgan fingerprint density at radius 2 is 1.83 bits per heavy atom. The van der Waals surface area contributed by atoms with E-state index >= 15 is 0 Å². The van der Waals surface area contributed by atoms with Crippen molar-refractivity contribution in [2.45, 2.75) is 38.3 Å². The van der Waals surface area contributed by atoms with Crippen LogP contribution in [0.3, 0.4) is 0 Å². The number of carbonyl (C=O) groups excluding carboxylic acids is 1. The van der Waals surface area contributed by atoms with E-state index in [1.54, 1.807) is 4.40 Å². The number of benzene rings is 1. The Labute approximate surface area is 180 Å². The smallest absolute Gasteiger partial charge is 0.261 e. The van der Waals surface area contributed by atoms with Crippen molar-refractivity contribution in [2.24, 2.45) is 0 Å². The number of fused-ring (bicyclic) bond motifs is 1. The molecule has 3 rings (SSSR count). The van der Waals surface area contributed by atoms with Crippen LogP contribution < -0.4 is 16.0 Å². The number of nitrogens with one attached hydrogen (secondary N) is 3. The molecule has 1 aromatic carbocycles. The van der Waals surface area contributed by atoms with Crippen LogP contribution in [0.15, 0.2) is 35.5 Å². The van der Waals surface area contributed by atoms with Crippen molar-refractivity contribution in [3.05, 3.63) is 35.9 Å². The highest BCUT2D eigenvalue weighted by atomic mass is 32.2. The molecule has 0 saturated carbocycles. The number of amides is 1. The number of nitrogens with zero attached hydrogens (tertiary/aromatic N) is 5. The van der Waals surface area contributed by atoms with Crippen LogP contribution in [0.2, 0.25) is 0 Å². The topological polar surface area (TPSA) is 109 Å². The van der Waals surface area contributed by atoms with Gasteiger partial charge in [-0.3, -0.25) is 4.79 Å². The van der Waals surface area contributed by atoms with E-state index in [0.717, 1.165) is 6.42 Å². The molecule has 0 aliphatic carbocycles. The molecule has 9 nitrogen and oxygen atoms in total. The van der Waals surface area contributed by atoms with Gasteiger partial charge in [0.25, 0.3) is 5.78 Å². The Morgan fingerprint density at radius 3 is 2.53 bits per heavy atom. The molecule has 0 radical (unpaired) electrons. The molecule has 10 heteroatoms. The largest absolute Gasteiger partial charge is 0.355 e. The summed E-state index contributed by atoms with van der Waals surface area (Å²) in [7, 11) is 0. The van der Waals surface area contributed by atoms with Crippen LogP contribution in [0.25, 0.3) is 5.78 Å². The van der Waals surface area contributed by atoms with Gasteiger partial charge in [-0.1, -0.05) is 49.0 Å². The fraction of sp³-hybridized carbons (Fsp3) is 0.450. The first-order chi connectivity index (χ1) is 14.7. The molecule has 0 aliphatic rings. The predicted molar refractivity (Wildman–Crippen MR) is 120 cm³/mol. The first kappa shape index (κ1) is 21.8. The molecular formula is C20H28N8OS. The third-order valence-electron chi connectivity index (χ3n) is 4.56. The molecule has 0 fully saturated rings. The van der Waals surface area contributed by atoms with E-state index in [2.05, 4.69) is 55.2 Å². The van der Waals surface area contributed by atoms with Crippen molar-refractivity contribution in [1.82, 2.24) is 29.9 Å². The summed E-state index contributed by atoms with van der Waals surface area (Å²) in [6.45, 7) is 8.11. The van der Waals surface area contributed by atoms with Gasteiger partial charge in [-0.25, -0.2) is 4.40 Å². The molecule has 2 aromatic heterocycles. The molecule has 1 amide bonds. The third-order valence-corrected chi connectivity index (χ3v) is 5.49. The molecule has 0 saturated heterocycles. The van der Waals surface area contributed by atoms with Gasteiger partial charge in [-0.15, -0.1) is 10.2 Å². The van der Waals surface area contributed by atoms with Gasteiger partial charge in [0, 0.05) is 25.6 Å². The van der Waals surface area contributed by atoms with Crippen LogP contribution in [0.1, 0.15) is 38.7 Å². The van der Waals surface area contributed by atoms with E-state index < -0.39 is 0 Å². The highest BCUT2D eigenvalue weighted by Crippen LogP contribution is 2.21. The summed E-state index contributed by atoms with van der Waals surface area (Å²) in [5, 5.41) is 18.2. The molecule has 0 bridgehead atoms. The maximum Gasteiger partial charge on any atom is 0.261 e. The number of carbonyl (C=O) groups is 1. The summed E-state index contributed by atoms with van der Waals surface area (Å²) < 4.78 is 1.74. The second-order valence-electron chi connectivity index (χ2n) is 6.66. The normalized spacial score (nSPS) is 12.0. The van der Waals surface area contributed by atoms with Gasteiger partial charge < -0.3 is 16.0 Å². The minimum atomic E-state index is -0.0404. The summed E-state index contributed by atoms with van der Waals surface area (Å²) >= 11 is 1.32. The quantitative estimate of drug-likeness (QED) is 0.400. The molecule has 160 valence electrons. The Bertz CT molecular complexity index is 962. The van der Waals surface area contributed by atoms with Gasteiger partial charge >= 0.3 is 0 Å². The van der Waals surface area contributed by atoms with Crippen molar-refractivity contribution >= 4 is 35.3 Å². The van der Waals surface area contributed by atoms with Crippen LogP contribution in [0.5, 0.6) is 0 Å². The lowest BCUT2D eigenvalue weighted by atomic mass is 9.96. The fourth-order valence-electron chi connectivity index (χ4n) is 3.04. The number of rotatable bonds is 11. The third kappa shape index (κ3) is 5.38. The monoisotopic (exact) mass is 428 g/mol. The number of hydrogen-bond donors (Lipinski definition) is 3. The Balaban J connectivity index is 1.64. The van der Waals surface area contributed by atoms with Gasteiger partial charge in [0.15, 0.2) is 5.16 Å². The summed E-state index contributed by atoms with van der Waals surface area (Å²) in [6, 6.07) is 10.2. The minimum absolute atomic E-state index is 0.0404. The molecule has 30 heavy (non-hydrogen) atoms. The molecule has 0 aliphatic heterocycles. The lowest BCUT2D eigenvalue weighted by Gasteiger charge is -2.16. The highest BCUT2D eigenvalue weighted by Gasteiger charge is 2.16. The number of aromatic nitrogens is 5. The second-order valence-corrected chi connectivity index (χ2v) is 7.60. The van der Waals surface area contributed by atoms with Crippen molar-refractivity contribution < 1.29 is 4.79 Å². The first-order valence-corrected chi connectivity index (χ1v) is 11.2. The standard InChI is InChI=1S/C20H28N8OS/c1-4-14(15-10-8-7-9-11-15)12-23-16(29)13-30-20-27-26-19-25-17(21-5-2)24-18(22-6-3)28(19)20/h7-11,14H,4-6,12-13H2,1-3H3,(H,23,29)(H2,21,22,24,25,26). The van der Waals surface area contributed by atoms with Crippen LogP contribution in [0, 0.1) is 0 Å². The van der Waals surface area contributed by atoms with Crippen molar-refractivity contribution in [3.8, 4) is 0 Å². The van der Waals surface area contributed by atoms with Gasteiger partial charge in [0.2, 0.25) is 17.8 Å². The van der Waals surface area contributed by atoms with Crippen molar-refractivity contribution in [3.63, 3.8) is 0 Å². The zero-order valence-electron chi connectivity index (χ0n) is 17.6. The number of thioether (sulfide) groups is 1. The van der Waals surface area contributed by atoms with E-state index in [1.165, 1.54) is 17.3 Å². The van der Waals surface area contributed by atoms with Crippen LogP contribution in [-0.4, -0.2) is 55.9 Å². The second kappa shape index (κ2) is 10.8. The van der Waals surface area contributed by atoms with E-state index in [1.807, 2.05) is 32.0 Å². The Morgan fingerprint density at radius 1 is 1.07 bits per heavy atom. The fourth-order valence-corrected chi connectivity index (χ4v) is 3.80. The Kier molecular flexibility index (Phi) is 7.83. The van der Waals surface area contributed by atoms with E-state index in [4.69, 9.17) is 0 Å². The number of hydrogen-bond acceptors (Lipinski definition) is 8. The minimum Gasteiger partial charge on any atom is -0.355 e. The summed E-state index contributed by atoms with van der Waals surface area (Å²) in [5.74, 6) is 2.03. The van der Waals surface area contributed by atoms with Gasteiger partial charge in [0.05, 0.1) is 5.75 Å². The van der Waals surface area contributed by atoms with Crippen molar-refractivity contribution in [1.29, 1.82) is 0 Å². The maximum absolute atomic E-state index is 12.4. The lowest BCUT2D eigenvalue weighted by Crippen LogP contribution is -2.29. The first-order valence-electron chi connectivity index (χ1n) is 10.2. The number of anilines is 2. The molecule has 3 aromatic rings. The van der Waals surface area contributed by atoms with Gasteiger partial charge in [-0.2, -0.15) is 9.97 Å². The molecule has 1 atom stereocenters. The van der Waals surface area contributed by atoms with E-state index in [-0.39, 0.29) is 11.7 Å². The average Bonchev–Trinajstić information content (AvgIpc) is 3.17. The van der Waals surface area contributed by atoms with Gasteiger partial charge in [-0.05, 0) is 25.8 Å². The average molecular weight is 429 g/mol. The predicted octanol–water partition coefficient (Wildman–Crippen LogP) is 2.79. The van der Waals surface area contributed by atoms with E-state index in [9.17, 15) is 4.79 Å². The zero-order chi connectivity index (χ0) is 21.3. The maximum atomic E-state index is 12.4. The molecule has 0 spiro atoms. The molecule has 3 N–H and O–H groups in total. The molecule has 1 unspecified atom stereocenters. The van der Waals surface area contributed by atoms with E-state index in [0.29, 0.717) is 48.4 Å². The summed E-state index contributed by atoms with van der Waals surface area (Å²) in [4.78, 5) is 21.3. The van der Waals surface area contributed by atoms with Gasteiger partial charge in [0.1, 0.15) is 0 Å².